The van der Waals surface area contributed by atoms with Crippen LogP contribution in [0, 0.1) is 11.8 Å². The van der Waals surface area contributed by atoms with Gasteiger partial charge in [-0.2, -0.15) is 0 Å². The molecule has 5 rings (SSSR count). The van der Waals surface area contributed by atoms with Gasteiger partial charge in [0.15, 0.2) is 0 Å². The third-order valence-electron chi connectivity index (χ3n) is 15.9. The molecule has 15 N–H and O–H groups in total. The van der Waals surface area contributed by atoms with Gasteiger partial charge in [-0.1, -0.05) is 90.7 Å². The maximum absolute atomic E-state index is 14.6. The molecule has 0 spiro atoms. The van der Waals surface area contributed by atoms with Gasteiger partial charge in [0, 0.05) is 64.4 Å². The first-order valence-electron chi connectivity index (χ1n) is 29.0. The van der Waals surface area contributed by atoms with E-state index in [-0.39, 0.29) is 30.8 Å². The molecule has 0 aromatic heterocycles. The quantitative estimate of drug-likeness (QED) is 0.0516. The van der Waals surface area contributed by atoms with Gasteiger partial charge in [-0.05, 0) is 37.0 Å². The Balaban J connectivity index is 1.49. The predicted molar refractivity (Wildman–Crippen MR) is 294 cm³/mol. The molecule has 4 saturated heterocycles. The number of urea groups is 1. The first-order chi connectivity index (χ1) is 39.0. The van der Waals surface area contributed by atoms with E-state index in [9.17, 15) is 79.2 Å². The fourth-order valence-corrected chi connectivity index (χ4v) is 10.7. The van der Waals surface area contributed by atoms with Crippen LogP contribution in [0.2, 0.25) is 0 Å². The molecule has 4 aliphatic heterocycles. The molecule has 4 fully saturated rings. The largest absolute Gasteiger partial charge is 0.508 e. The topological polar surface area (TPSA) is 402 Å². The van der Waals surface area contributed by atoms with Gasteiger partial charge in [-0.15, -0.1) is 0 Å². The molecule has 0 aliphatic carbocycles. The second-order valence-corrected chi connectivity index (χ2v) is 22.4. The van der Waals surface area contributed by atoms with Crippen molar-refractivity contribution in [3.8, 4) is 5.75 Å². The number of aliphatic hydroxyl groups excluding tert-OH is 7. The highest BCUT2D eigenvalue weighted by molar-refractivity contribution is 6.02. The Labute approximate surface area is 478 Å². The van der Waals surface area contributed by atoms with Crippen molar-refractivity contribution in [3.63, 3.8) is 0 Å². The molecule has 4 heterocycles. The Morgan fingerprint density at radius 3 is 2.04 bits per heavy atom. The molecule has 0 radical (unpaired) electrons. The number of unbranched alkanes of at least 4 members (excludes halogenated alkanes) is 7. The number of carbonyl (C=O) groups excluding carboxylic acids is 8. The number of aromatic hydroxyl groups is 1. The Morgan fingerprint density at radius 1 is 0.756 bits per heavy atom. The molecule has 462 valence electrons. The molecule has 9 amide bonds. The van der Waals surface area contributed by atoms with Crippen LogP contribution in [0.15, 0.2) is 24.3 Å². The summed E-state index contributed by atoms with van der Waals surface area (Å²) in [5, 5.41) is 106. The SMILES string of the molecule is CCC(C)CCCCCCCCCCC(=O)N[C@H]1C[C@@H](O)[C@@H](NCCN2CCOCC2)NC(=O)C2[C@@H](O)[C@@H](C)CN2C(=O)C(CO)NC(=O)C([C@H](O)C(O)c2ccc(O)cc2)NC(=O)NC(=O)[C@@H]2C[C@@H](O)CN2C(=O)[C@H]([C@@H](C)O)NC1=O. The zero-order valence-corrected chi connectivity index (χ0v) is 47.6. The molecule has 27 heteroatoms. The van der Waals surface area contributed by atoms with E-state index in [1.165, 1.54) is 31.9 Å². The lowest BCUT2D eigenvalue weighted by molar-refractivity contribution is -0.145. The number of aliphatic hydroxyl groups is 7. The summed E-state index contributed by atoms with van der Waals surface area (Å²) >= 11 is 0. The minimum atomic E-state index is -2.30. The number of amides is 9. The standard InChI is InChI=1S/C55H90N10O17/c1-5-31(2)14-12-10-8-6-7-9-11-13-15-41(71)57-37-27-40(70)48(56-20-21-63-22-24-82-25-23-63)61-52(78)44-45(72)32(3)28-65(44)53(79)38(30-66)58-51(77)43(47(74)46(73)34-16-18-35(68)19-17-34)60-55(81)62-50(76)39-26-36(69)29-64(39)54(80)42(33(4)67)59-49(37)75/h16-19,31-33,36-40,42-48,56,66-70,72-74H,5-15,20-30H2,1-4H3,(H,57,71)(H,58,77)(H,59,75)(H,61,78)(H2,60,62,76,81)/t31?,32-,33+,36+,37-,38?,39-,40+,42-,43?,44?,45-,46?,47-,48-/m0/s1. The van der Waals surface area contributed by atoms with Gasteiger partial charge in [-0.25, -0.2) is 4.79 Å². The molecular weight excluding hydrogens is 1070 g/mol. The summed E-state index contributed by atoms with van der Waals surface area (Å²) in [5.74, 6) is -7.97. The Kier molecular flexibility index (Phi) is 27.1. The highest BCUT2D eigenvalue weighted by Crippen LogP contribution is 2.27. The number of imide groups is 1. The number of ether oxygens (including phenoxy) is 1. The third kappa shape index (κ3) is 19.5. The van der Waals surface area contributed by atoms with Gasteiger partial charge in [0.2, 0.25) is 35.4 Å². The summed E-state index contributed by atoms with van der Waals surface area (Å²) in [7, 11) is 0. The monoisotopic (exact) mass is 1160 g/mol. The summed E-state index contributed by atoms with van der Waals surface area (Å²) in [5.41, 5.74) is -0.0787. The van der Waals surface area contributed by atoms with E-state index in [4.69, 9.17) is 4.74 Å². The van der Waals surface area contributed by atoms with Gasteiger partial charge in [0.1, 0.15) is 60.4 Å². The van der Waals surface area contributed by atoms with E-state index in [2.05, 4.69) is 45.7 Å². The fraction of sp³-hybridized carbons (Fsp3) is 0.745. The summed E-state index contributed by atoms with van der Waals surface area (Å²) in [6.07, 6.45) is -3.51. The Hall–Kier alpha value is -5.62. The number of hydrogen-bond donors (Lipinski definition) is 15. The van der Waals surface area contributed by atoms with Crippen LogP contribution in [0.25, 0.3) is 0 Å². The fourth-order valence-electron chi connectivity index (χ4n) is 10.7. The lowest BCUT2D eigenvalue weighted by Gasteiger charge is -2.34. The molecule has 15 atom stereocenters. The van der Waals surface area contributed by atoms with E-state index in [1.54, 1.807) is 0 Å². The minimum absolute atomic E-state index is 0.0306. The van der Waals surface area contributed by atoms with Crippen LogP contribution in [0.4, 0.5) is 4.79 Å². The van der Waals surface area contributed by atoms with Crippen LogP contribution < -0.4 is 37.2 Å². The number of phenolic OH excluding ortho intramolecular Hbond substituents is 1. The predicted octanol–water partition coefficient (Wildman–Crippen LogP) is -2.95. The van der Waals surface area contributed by atoms with Crippen LogP contribution in [0.5, 0.6) is 5.75 Å². The Morgan fingerprint density at radius 2 is 1.40 bits per heavy atom. The van der Waals surface area contributed by atoms with Crippen molar-refractivity contribution < 1.29 is 83.9 Å². The molecule has 5 unspecified atom stereocenters. The molecule has 0 bridgehead atoms. The molecule has 82 heavy (non-hydrogen) atoms. The van der Waals surface area contributed by atoms with Crippen molar-refractivity contribution in [2.75, 3.05) is 59.1 Å². The second-order valence-electron chi connectivity index (χ2n) is 22.4. The van der Waals surface area contributed by atoms with E-state index >= 15 is 0 Å². The van der Waals surface area contributed by atoms with Crippen molar-refractivity contribution in [1.82, 2.24) is 51.9 Å². The molecule has 0 saturated carbocycles. The molecule has 1 aromatic carbocycles. The van der Waals surface area contributed by atoms with Crippen molar-refractivity contribution in [2.45, 2.75) is 190 Å². The zero-order valence-electron chi connectivity index (χ0n) is 47.6. The Bertz CT molecular complexity index is 2260. The highest BCUT2D eigenvalue weighted by Gasteiger charge is 2.49. The first-order valence-corrected chi connectivity index (χ1v) is 29.0. The van der Waals surface area contributed by atoms with Crippen LogP contribution >= 0.6 is 0 Å². The number of nitrogens with zero attached hydrogens (tertiary/aromatic N) is 3. The highest BCUT2D eigenvalue weighted by atomic mass is 16.5. The van der Waals surface area contributed by atoms with Gasteiger partial charge in [0.25, 0.3) is 5.91 Å². The van der Waals surface area contributed by atoms with Gasteiger partial charge in [0.05, 0.1) is 44.2 Å². The van der Waals surface area contributed by atoms with Crippen LogP contribution in [-0.2, 0) is 38.3 Å². The number of phenols is 1. The average Bonchev–Trinajstić information content (AvgIpc) is 4.17. The minimum Gasteiger partial charge on any atom is -0.508 e. The van der Waals surface area contributed by atoms with Crippen molar-refractivity contribution in [1.29, 1.82) is 0 Å². The normalized spacial score (nSPS) is 29.3. The number of fused-ring (bicyclic) bond motifs is 2. The lowest BCUT2D eigenvalue weighted by Crippen LogP contribution is -2.64. The molecule has 4 aliphatic rings. The van der Waals surface area contributed by atoms with Crippen LogP contribution in [0.3, 0.4) is 0 Å². The van der Waals surface area contributed by atoms with E-state index in [1.807, 2.05) is 10.2 Å². The summed E-state index contributed by atoms with van der Waals surface area (Å²) in [6.45, 7) is 7.61. The average molecular weight is 1160 g/mol. The molecule has 27 nitrogen and oxygen atoms in total. The lowest BCUT2D eigenvalue weighted by atomic mass is 9.97. The molecule has 1 aromatic rings. The third-order valence-corrected chi connectivity index (χ3v) is 15.9. The van der Waals surface area contributed by atoms with Gasteiger partial charge in [-0.3, -0.25) is 49.1 Å². The summed E-state index contributed by atoms with van der Waals surface area (Å²) in [4.78, 5) is 117. The van der Waals surface area contributed by atoms with E-state index in [0.717, 1.165) is 67.4 Å². The van der Waals surface area contributed by atoms with Gasteiger partial charge >= 0.3 is 6.03 Å². The first kappa shape index (κ1) is 67.2. The van der Waals surface area contributed by atoms with Crippen molar-refractivity contribution in [2.24, 2.45) is 11.8 Å². The van der Waals surface area contributed by atoms with Gasteiger partial charge < -0.3 is 82.0 Å². The number of nitrogens with one attached hydrogen (secondary N) is 7. The van der Waals surface area contributed by atoms with E-state index in [0.29, 0.717) is 51.6 Å². The zero-order chi connectivity index (χ0) is 60.2. The van der Waals surface area contributed by atoms with Crippen LogP contribution in [0.1, 0.15) is 123 Å². The number of benzene rings is 1. The van der Waals surface area contributed by atoms with Crippen LogP contribution in [-0.4, -0.2) is 235 Å². The van der Waals surface area contributed by atoms with Crippen molar-refractivity contribution in [3.05, 3.63) is 29.8 Å². The number of rotatable bonds is 22. The molecular formula is C55H90N10O17. The maximum Gasteiger partial charge on any atom is 0.322 e. The smallest absolute Gasteiger partial charge is 0.322 e. The number of carbonyl (C=O) groups is 8. The van der Waals surface area contributed by atoms with E-state index < -0.39 is 158 Å². The summed E-state index contributed by atoms with van der Waals surface area (Å²) < 4.78 is 5.46. The summed E-state index contributed by atoms with van der Waals surface area (Å²) in [6, 6.07) is -8.02. The second kappa shape index (κ2) is 33.0. The number of hydrogen-bond acceptors (Lipinski definition) is 19. The van der Waals surface area contributed by atoms with Crippen molar-refractivity contribution >= 4 is 47.4 Å². The number of morpholine rings is 1. The maximum atomic E-state index is 14.6.